The predicted molar refractivity (Wildman–Crippen MR) is 209 cm³/mol. The van der Waals surface area contributed by atoms with Gasteiger partial charge in [-0.05, 0) is 140 Å². The van der Waals surface area contributed by atoms with Gasteiger partial charge in [0.05, 0.1) is 13.2 Å². The van der Waals surface area contributed by atoms with Crippen LogP contribution >= 0.6 is 0 Å². The van der Waals surface area contributed by atoms with Crippen molar-refractivity contribution in [2.75, 3.05) is 19.8 Å². The second-order valence-corrected chi connectivity index (χ2v) is 18.3. The maximum absolute atomic E-state index is 12.9. The summed E-state index contributed by atoms with van der Waals surface area (Å²) in [5, 5.41) is 0. The molecule has 1 aliphatic heterocycles. The first-order chi connectivity index (χ1) is 25.1. The number of hydrogen-bond acceptors (Lipinski definition) is 5. The van der Waals surface area contributed by atoms with Gasteiger partial charge >= 0.3 is 5.97 Å². The zero-order chi connectivity index (χ0) is 36.3. The molecule has 5 nitrogen and oxygen atoms in total. The molecule has 4 fully saturated rings. The van der Waals surface area contributed by atoms with Gasteiger partial charge in [0, 0.05) is 12.8 Å². The number of hydrogen-bond donors (Lipinski definition) is 0. The van der Waals surface area contributed by atoms with Crippen LogP contribution in [0.5, 0.6) is 11.5 Å². The van der Waals surface area contributed by atoms with Crippen LogP contribution in [-0.2, 0) is 14.3 Å². The Morgan fingerprint density at radius 2 is 1.54 bits per heavy atom. The molecule has 0 N–H and O–H groups in total. The fourth-order valence-corrected chi connectivity index (χ4v) is 11.4. The zero-order valence-corrected chi connectivity index (χ0v) is 32.9. The first-order valence-corrected chi connectivity index (χ1v) is 21.1. The number of ether oxygens (including phenoxy) is 4. The van der Waals surface area contributed by atoms with E-state index >= 15 is 0 Å². The van der Waals surface area contributed by atoms with Crippen molar-refractivity contribution in [2.45, 2.75) is 137 Å². The molecule has 284 valence electrons. The summed E-state index contributed by atoms with van der Waals surface area (Å²) in [4.78, 5) is 12.9. The number of unbranched alkanes of at least 4 members (excludes halogenated alkanes) is 1. The van der Waals surface area contributed by atoms with Crippen LogP contribution < -0.4 is 9.47 Å². The maximum Gasteiger partial charge on any atom is 0.306 e. The summed E-state index contributed by atoms with van der Waals surface area (Å²) in [6.45, 7) is 14.6. The summed E-state index contributed by atoms with van der Waals surface area (Å²) in [7, 11) is 0. The van der Waals surface area contributed by atoms with Crippen LogP contribution in [0.15, 0.2) is 60.2 Å². The zero-order valence-electron chi connectivity index (χ0n) is 32.9. The van der Waals surface area contributed by atoms with E-state index in [1.54, 1.807) is 5.57 Å². The number of benzene rings is 2. The van der Waals surface area contributed by atoms with Gasteiger partial charge in [-0.3, -0.25) is 4.79 Å². The predicted octanol–water partition coefficient (Wildman–Crippen LogP) is 11.6. The second kappa shape index (κ2) is 16.3. The van der Waals surface area contributed by atoms with E-state index in [0.717, 1.165) is 90.4 Å². The third-order valence-electron chi connectivity index (χ3n) is 14.5. The van der Waals surface area contributed by atoms with Crippen LogP contribution in [-0.4, -0.2) is 38.0 Å². The van der Waals surface area contributed by atoms with Gasteiger partial charge < -0.3 is 18.9 Å². The Kier molecular flexibility index (Phi) is 11.8. The van der Waals surface area contributed by atoms with Crippen LogP contribution in [0.4, 0.5) is 0 Å². The van der Waals surface area contributed by atoms with E-state index in [2.05, 4.69) is 65.0 Å². The Hall–Kier alpha value is -2.79. The largest absolute Gasteiger partial charge is 0.494 e. The Morgan fingerprint density at radius 1 is 0.827 bits per heavy atom. The van der Waals surface area contributed by atoms with E-state index in [9.17, 15) is 4.79 Å². The standard InChI is InChI=1S/C47H66O5/c1-32(2)9-8-10-33(3)42-22-23-43-41-21-16-36-29-39(24-26-46(36,4)44(41)25-27-47(42,43)5)52-45(48)11-6-7-28-49-37-17-12-34(13-18-37)35-14-19-38(20-15-35)50-30-40-31-51-40/h12-20,32-33,39-44H,6-11,21-31H2,1-5H3/t33-,39+,40?,41+,42-,43+,44+,46+,47-/m1/s1. The summed E-state index contributed by atoms with van der Waals surface area (Å²) in [6.07, 6.45) is 19.2. The third kappa shape index (κ3) is 8.45. The molecule has 1 saturated heterocycles. The molecule has 7 rings (SSSR count). The molecule has 0 aromatic heterocycles. The van der Waals surface area contributed by atoms with Crippen molar-refractivity contribution in [3.05, 3.63) is 60.2 Å². The molecule has 0 radical (unpaired) electrons. The highest BCUT2D eigenvalue weighted by Gasteiger charge is 2.59. The smallest absolute Gasteiger partial charge is 0.306 e. The van der Waals surface area contributed by atoms with Crippen LogP contribution in [0, 0.1) is 46.3 Å². The molecular weight excluding hydrogens is 645 g/mol. The molecule has 1 heterocycles. The summed E-state index contributed by atoms with van der Waals surface area (Å²) < 4.78 is 23.1. The van der Waals surface area contributed by atoms with Gasteiger partial charge in [-0.1, -0.05) is 89.8 Å². The minimum absolute atomic E-state index is 0.0376. The molecule has 52 heavy (non-hydrogen) atoms. The number of esters is 1. The number of allylic oxidation sites excluding steroid dienone is 1. The Balaban J connectivity index is 0.822. The summed E-state index contributed by atoms with van der Waals surface area (Å²) >= 11 is 0. The van der Waals surface area contributed by atoms with Crippen LogP contribution in [0.3, 0.4) is 0 Å². The maximum atomic E-state index is 12.9. The number of carbonyl (C=O) groups excluding carboxylic acids is 1. The Labute approximate surface area is 314 Å². The van der Waals surface area contributed by atoms with Gasteiger partial charge in [0.2, 0.25) is 0 Å². The Morgan fingerprint density at radius 3 is 2.23 bits per heavy atom. The average Bonchev–Trinajstić information content (AvgIpc) is 3.90. The minimum atomic E-state index is -0.0440. The summed E-state index contributed by atoms with van der Waals surface area (Å²) in [6, 6.07) is 16.4. The summed E-state index contributed by atoms with van der Waals surface area (Å²) in [5.41, 5.74) is 4.69. The van der Waals surface area contributed by atoms with E-state index in [4.69, 9.17) is 18.9 Å². The van der Waals surface area contributed by atoms with Gasteiger partial charge in [-0.25, -0.2) is 0 Å². The lowest BCUT2D eigenvalue weighted by Crippen LogP contribution is -2.51. The fraction of sp³-hybridized carbons (Fsp3) is 0.681. The lowest BCUT2D eigenvalue weighted by atomic mass is 9.47. The van der Waals surface area contributed by atoms with Crippen molar-refractivity contribution < 1.29 is 23.7 Å². The SMILES string of the molecule is CC(C)CCC[C@@H](C)[C@H]1CC[C@H]2[C@@H]3CC=C4C[C@@H](OC(=O)CCCCOc5ccc(-c6ccc(OCC7CO7)cc6)cc5)CC[C@]4(C)[C@H]3CC[C@]12C. The number of epoxide rings is 1. The van der Waals surface area contributed by atoms with E-state index in [1.165, 1.54) is 57.8 Å². The second-order valence-electron chi connectivity index (χ2n) is 18.3. The normalized spacial score (nSPS) is 32.6. The molecule has 2 aromatic carbocycles. The minimum Gasteiger partial charge on any atom is -0.494 e. The molecule has 0 bridgehead atoms. The first kappa shape index (κ1) is 37.5. The lowest BCUT2D eigenvalue weighted by molar-refractivity contribution is -0.151. The first-order valence-electron chi connectivity index (χ1n) is 21.1. The van der Waals surface area contributed by atoms with Crippen molar-refractivity contribution in [1.82, 2.24) is 0 Å². The lowest BCUT2D eigenvalue weighted by Gasteiger charge is -2.58. The molecule has 3 saturated carbocycles. The molecule has 5 heteroatoms. The number of rotatable bonds is 16. The Bertz CT molecular complexity index is 1510. The molecule has 0 spiro atoms. The molecular formula is C47H66O5. The van der Waals surface area contributed by atoms with Crippen LogP contribution in [0.1, 0.15) is 125 Å². The molecule has 4 aliphatic carbocycles. The van der Waals surface area contributed by atoms with E-state index in [0.29, 0.717) is 25.0 Å². The van der Waals surface area contributed by atoms with Crippen molar-refractivity contribution in [1.29, 1.82) is 0 Å². The van der Waals surface area contributed by atoms with Crippen molar-refractivity contribution in [3.63, 3.8) is 0 Å². The van der Waals surface area contributed by atoms with Gasteiger partial charge in [0.25, 0.3) is 0 Å². The summed E-state index contributed by atoms with van der Waals surface area (Å²) in [5.74, 6) is 6.78. The van der Waals surface area contributed by atoms with Crippen LogP contribution in [0.25, 0.3) is 11.1 Å². The highest BCUT2D eigenvalue weighted by Crippen LogP contribution is 2.67. The van der Waals surface area contributed by atoms with E-state index in [1.807, 2.05) is 24.3 Å². The van der Waals surface area contributed by atoms with Gasteiger partial charge in [0.1, 0.15) is 30.3 Å². The van der Waals surface area contributed by atoms with Gasteiger partial charge in [-0.2, -0.15) is 0 Å². The fourth-order valence-electron chi connectivity index (χ4n) is 11.4. The molecule has 1 unspecified atom stereocenters. The molecule has 5 aliphatic rings. The van der Waals surface area contributed by atoms with Gasteiger partial charge in [0.15, 0.2) is 0 Å². The van der Waals surface area contributed by atoms with E-state index < -0.39 is 0 Å². The van der Waals surface area contributed by atoms with Crippen molar-refractivity contribution in [3.8, 4) is 22.6 Å². The number of carbonyl (C=O) groups is 1. The number of fused-ring (bicyclic) bond motifs is 5. The van der Waals surface area contributed by atoms with E-state index in [-0.39, 0.29) is 23.6 Å². The quantitative estimate of drug-likeness (QED) is 0.0751. The van der Waals surface area contributed by atoms with Crippen LogP contribution in [0.2, 0.25) is 0 Å². The monoisotopic (exact) mass is 710 g/mol. The molecule has 2 aromatic rings. The van der Waals surface area contributed by atoms with Crippen molar-refractivity contribution >= 4 is 5.97 Å². The van der Waals surface area contributed by atoms with Gasteiger partial charge in [-0.15, -0.1) is 0 Å². The molecule has 9 atom stereocenters. The highest BCUT2D eigenvalue weighted by atomic mass is 16.6. The molecule has 0 amide bonds. The topological polar surface area (TPSA) is 57.3 Å². The average molecular weight is 711 g/mol. The highest BCUT2D eigenvalue weighted by molar-refractivity contribution is 5.69. The third-order valence-corrected chi connectivity index (χ3v) is 14.5. The van der Waals surface area contributed by atoms with Crippen molar-refractivity contribution in [2.24, 2.45) is 46.3 Å².